The molecule has 152 valence electrons. The van der Waals surface area contributed by atoms with Gasteiger partial charge in [0.15, 0.2) is 5.82 Å². The van der Waals surface area contributed by atoms with Crippen molar-refractivity contribution in [3.05, 3.63) is 88.6 Å². The van der Waals surface area contributed by atoms with Crippen LogP contribution in [0, 0.1) is 0 Å². The summed E-state index contributed by atoms with van der Waals surface area (Å²) in [5.74, 6) is 0.552. The lowest BCUT2D eigenvalue weighted by Crippen LogP contribution is -2.15. The summed E-state index contributed by atoms with van der Waals surface area (Å²) < 4.78 is 3.32. The highest BCUT2D eigenvalue weighted by Gasteiger charge is 2.15. The van der Waals surface area contributed by atoms with Crippen molar-refractivity contribution in [1.82, 2.24) is 35.0 Å². The average molecular weight is 430 g/mol. The molecule has 5 aromatic rings. The Kier molecular flexibility index (Phi) is 4.68. The average Bonchev–Trinajstić information content (AvgIpc) is 3.48. The molecule has 0 saturated carbocycles. The minimum Gasteiger partial charge on any atom is -0.318 e. The minimum atomic E-state index is -0.0933. The van der Waals surface area contributed by atoms with Crippen LogP contribution in [0.4, 0.5) is 0 Å². The van der Waals surface area contributed by atoms with Crippen LogP contribution < -0.4 is 5.56 Å². The van der Waals surface area contributed by atoms with Gasteiger partial charge in [-0.3, -0.25) is 4.79 Å². The number of rotatable bonds is 4. The molecule has 0 atom stereocenters. The lowest BCUT2D eigenvalue weighted by Gasteiger charge is -2.11. The first kappa shape index (κ1) is 19.0. The molecule has 1 N–H and O–H groups in total. The molecule has 9 heteroatoms. The van der Waals surface area contributed by atoms with Crippen LogP contribution in [0.25, 0.3) is 39.3 Å². The second-order valence-electron chi connectivity index (χ2n) is 7.00. The van der Waals surface area contributed by atoms with Crippen LogP contribution in [0.3, 0.4) is 0 Å². The standard InChI is InChI=1S/C22H16ClN7O/c1-29-13-19(18(10-21(29)31)14-6-8-16(23)9-7-14)15-11-24-30(12-15)20-5-3-2-4-17(20)22-25-27-28-26-22/h2-13H,1H3,(H,25,26,27,28). The smallest absolute Gasteiger partial charge is 0.250 e. The number of para-hydroxylation sites is 1. The maximum absolute atomic E-state index is 12.4. The molecule has 8 nitrogen and oxygen atoms in total. The van der Waals surface area contributed by atoms with E-state index >= 15 is 0 Å². The van der Waals surface area contributed by atoms with E-state index in [1.807, 2.05) is 60.9 Å². The number of aromatic amines is 1. The maximum Gasteiger partial charge on any atom is 0.250 e. The zero-order chi connectivity index (χ0) is 21.4. The third-order valence-corrected chi connectivity index (χ3v) is 5.28. The van der Waals surface area contributed by atoms with E-state index in [0.717, 1.165) is 33.5 Å². The van der Waals surface area contributed by atoms with Crippen molar-refractivity contribution >= 4 is 11.6 Å². The van der Waals surface area contributed by atoms with Crippen LogP contribution in [0.2, 0.25) is 5.02 Å². The third kappa shape index (κ3) is 3.53. The highest BCUT2D eigenvalue weighted by molar-refractivity contribution is 6.30. The topological polar surface area (TPSA) is 94.3 Å². The van der Waals surface area contributed by atoms with E-state index in [1.54, 1.807) is 28.6 Å². The van der Waals surface area contributed by atoms with E-state index in [9.17, 15) is 4.79 Å². The highest BCUT2D eigenvalue weighted by Crippen LogP contribution is 2.32. The quantitative estimate of drug-likeness (QED) is 0.469. The van der Waals surface area contributed by atoms with Gasteiger partial charge in [-0.15, -0.1) is 5.10 Å². The first-order valence-electron chi connectivity index (χ1n) is 9.45. The van der Waals surface area contributed by atoms with Gasteiger partial charge in [0, 0.05) is 47.2 Å². The van der Waals surface area contributed by atoms with Crippen molar-refractivity contribution in [2.45, 2.75) is 0 Å². The predicted octanol–water partition coefficient (Wildman–Crippen LogP) is 3.74. The minimum absolute atomic E-state index is 0.0933. The Morgan fingerprint density at radius 1 is 0.935 bits per heavy atom. The fraction of sp³-hybridized carbons (Fsp3) is 0.0455. The van der Waals surface area contributed by atoms with Gasteiger partial charge in [-0.05, 0) is 45.8 Å². The molecule has 31 heavy (non-hydrogen) atoms. The van der Waals surface area contributed by atoms with Crippen molar-refractivity contribution in [2.75, 3.05) is 0 Å². The van der Waals surface area contributed by atoms with Crippen molar-refractivity contribution < 1.29 is 0 Å². The van der Waals surface area contributed by atoms with E-state index in [1.165, 1.54) is 0 Å². The van der Waals surface area contributed by atoms with E-state index < -0.39 is 0 Å². The second kappa shape index (κ2) is 7.66. The molecule has 0 saturated heterocycles. The summed E-state index contributed by atoms with van der Waals surface area (Å²) in [4.78, 5) is 12.4. The van der Waals surface area contributed by atoms with E-state index in [2.05, 4.69) is 25.7 Å². The van der Waals surface area contributed by atoms with Gasteiger partial charge in [0.2, 0.25) is 0 Å². The Morgan fingerprint density at radius 2 is 1.74 bits per heavy atom. The van der Waals surface area contributed by atoms with Crippen LogP contribution in [0.15, 0.2) is 78.0 Å². The number of H-pyrrole nitrogens is 1. The molecule has 2 aromatic carbocycles. The number of benzene rings is 2. The summed E-state index contributed by atoms with van der Waals surface area (Å²) in [5, 5.41) is 19.3. The summed E-state index contributed by atoms with van der Waals surface area (Å²) in [6.07, 6.45) is 5.51. The highest BCUT2D eigenvalue weighted by atomic mass is 35.5. The fourth-order valence-corrected chi connectivity index (χ4v) is 3.59. The number of nitrogens with zero attached hydrogens (tertiary/aromatic N) is 6. The number of nitrogens with one attached hydrogen (secondary N) is 1. The lowest BCUT2D eigenvalue weighted by atomic mass is 9.98. The number of hydrogen-bond donors (Lipinski definition) is 1. The Labute approximate surface area is 181 Å². The van der Waals surface area contributed by atoms with Gasteiger partial charge in [0.05, 0.1) is 11.9 Å². The molecule has 0 spiro atoms. The summed E-state index contributed by atoms with van der Waals surface area (Å²) in [6.45, 7) is 0. The predicted molar refractivity (Wildman–Crippen MR) is 118 cm³/mol. The number of aryl methyl sites for hydroxylation is 1. The van der Waals surface area contributed by atoms with Gasteiger partial charge in [-0.2, -0.15) is 5.10 Å². The summed E-state index contributed by atoms with van der Waals surface area (Å²) >= 11 is 6.04. The molecule has 3 heterocycles. The summed E-state index contributed by atoms with van der Waals surface area (Å²) in [6, 6.07) is 16.7. The number of halogens is 1. The van der Waals surface area contributed by atoms with Gasteiger partial charge in [0.25, 0.3) is 5.56 Å². The Morgan fingerprint density at radius 3 is 2.52 bits per heavy atom. The van der Waals surface area contributed by atoms with E-state index in [-0.39, 0.29) is 5.56 Å². The molecule has 0 fully saturated rings. The van der Waals surface area contributed by atoms with Gasteiger partial charge in [-0.25, -0.2) is 9.78 Å². The van der Waals surface area contributed by atoms with Crippen molar-refractivity contribution in [2.24, 2.45) is 7.05 Å². The van der Waals surface area contributed by atoms with Gasteiger partial charge in [-0.1, -0.05) is 35.9 Å². The SMILES string of the molecule is Cn1cc(-c2cnn(-c3ccccc3-c3nnn[nH]3)c2)c(-c2ccc(Cl)cc2)cc1=O. The number of tetrazole rings is 1. The largest absolute Gasteiger partial charge is 0.318 e. The normalized spacial score (nSPS) is 11.0. The van der Waals surface area contributed by atoms with Crippen LogP contribution in [0.1, 0.15) is 0 Å². The molecular weight excluding hydrogens is 414 g/mol. The zero-order valence-electron chi connectivity index (χ0n) is 16.4. The van der Waals surface area contributed by atoms with Gasteiger partial charge < -0.3 is 4.57 Å². The first-order chi connectivity index (χ1) is 15.1. The molecule has 5 rings (SSSR count). The van der Waals surface area contributed by atoms with Gasteiger partial charge >= 0.3 is 0 Å². The maximum atomic E-state index is 12.4. The van der Waals surface area contributed by atoms with Crippen molar-refractivity contribution in [1.29, 1.82) is 0 Å². The third-order valence-electron chi connectivity index (χ3n) is 5.03. The molecule has 0 bridgehead atoms. The summed E-state index contributed by atoms with van der Waals surface area (Å²) in [5.41, 5.74) is 5.01. The Hall–Kier alpha value is -4.04. The molecule has 0 aliphatic rings. The van der Waals surface area contributed by atoms with Crippen LogP contribution in [0.5, 0.6) is 0 Å². The van der Waals surface area contributed by atoms with Crippen molar-refractivity contribution in [3.8, 4) is 39.3 Å². The molecule has 0 aliphatic heterocycles. The molecule has 0 radical (unpaired) electrons. The molecule has 0 aliphatic carbocycles. The van der Waals surface area contributed by atoms with Crippen LogP contribution >= 0.6 is 11.6 Å². The van der Waals surface area contributed by atoms with Crippen molar-refractivity contribution in [3.63, 3.8) is 0 Å². The lowest BCUT2D eigenvalue weighted by molar-refractivity contribution is 0.863. The first-order valence-corrected chi connectivity index (χ1v) is 9.83. The molecule has 0 amide bonds. The number of hydrogen-bond acceptors (Lipinski definition) is 5. The molecular formula is C22H16ClN7O. The number of pyridine rings is 1. The number of aromatic nitrogens is 7. The monoisotopic (exact) mass is 429 g/mol. The summed E-state index contributed by atoms with van der Waals surface area (Å²) in [7, 11) is 1.73. The second-order valence-corrected chi connectivity index (χ2v) is 7.43. The van der Waals surface area contributed by atoms with Gasteiger partial charge in [0.1, 0.15) is 0 Å². The van der Waals surface area contributed by atoms with E-state index in [0.29, 0.717) is 10.8 Å². The molecule has 3 aromatic heterocycles. The fourth-order valence-electron chi connectivity index (χ4n) is 3.47. The van der Waals surface area contributed by atoms with Crippen LogP contribution in [-0.2, 0) is 7.05 Å². The zero-order valence-corrected chi connectivity index (χ0v) is 17.2. The van der Waals surface area contributed by atoms with E-state index in [4.69, 9.17) is 11.6 Å². The Bertz CT molecular complexity index is 1420. The van der Waals surface area contributed by atoms with Crippen LogP contribution in [-0.4, -0.2) is 35.0 Å². The Balaban J connectivity index is 1.64. The molecule has 0 unspecified atom stereocenters.